The first kappa shape index (κ1) is 22.6. The van der Waals surface area contributed by atoms with Gasteiger partial charge in [-0.2, -0.15) is 5.10 Å². The molecule has 0 bridgehead atoms. The van der Waals surface area contributed by atoms with E-state index in [2.05, 4.69) is 39.6 Å². The van der Waals surface area contributed by atoms with Crippen LogP contribution in [0.2, 0.25) is 0 Å². The number of nitrogens with zero attached hydrogens (tertiary/aromatic N) is 4. The number of amides is 1. The smallest absolute Gasteiger partial charge is 0.408 e. The number of nitrogens with one attached hydrogen (secondary N) is 1. The molecular formula is C25H37N5O2. The van der Waals surface area contributed by atoms with Gasteiger partial charge < -0.3 is 15.3 Å². The van der Waals surface area contributed by atoms with E-state index in [1.54, 1.807) is 11.1 Å². The third kappa shape index (κ3) is 5.09. The molecule has 1 aromatic heterocycles. The molecule has 32 heavy (non-hydrogen) atoms. The summed E-state index contributed by atoms with van der Waals surface area (Å²) in [4.78, 5) is 16.3. The van der Waals surface area contributed by atoms with Crippen LogP contribution in [0.1, 0.15) is 59.3 Å². The van der Waals surface area contributed by atoms with E-state index in [0.717, 1.165) is 57.3 Å². The summed E-state index contributed by atoms with van der Waals surface area (Å²) in [5, 5.41) is 18.1. The Morgan fingerprint density at radius 1 is 1.09 bits per heavy atom. The summed E-state index contributed by atoms with van der Waals surface area (Å²) in [5.41, 5.74) is 1.89. The lowest BCUT2D eigenvalue weighted by Crippen LogP contribution is -2.62. The lowest BCUT2D eigenvalue weighted by Gasteiger charge is -2.47. The first-order chi connectivity index (χ1) is 15.3. The summed E-state index contributed by atoms with van der Waals surface area (Å²) in [5.74, 6) is 0. The van der Waals surface area contributed by atoms with Crippen molar-refractivity contribution in [3.05, 3.63) is 42.7 Å². The molecule has 2 heterocycles. The Hall–Kier alpha value is -2.54. The average Bonchev–Trinajstić information content (AvgIpc) is 3.29. The maximum absolute atomic E-state index is 12.1. The Balaban J connectivity index is 1.43. The lowest BCUT2D eigenvalue weighted by atomic mass is 9.86. The van der Waals surface area contributed by atoms with Crippen molar-refractivity contribution in [3.8, 4) is 5.69 Å². The van der Waals surface area contributed by atoms with Crippen LogP contribution in [-0.4, -0.2) is 62.6 Å². The maximum atomic E-state index is 12.1. The Kier molecular flexibility index (Phi) is 6.74. The minimum Gasteiger partial charge on any atom is -0.465 e. The summed E-state index contributed by atoms with van der Waals surface area (Å²) in [7, 11) is 0. The van der Waals surface area contributed by atoms with E-state index in [-0.39, 0.29) is 12.1 Å². The number of aromatic nitrogens is 2. The number of rotatable bonds is 5. The highest BCUT2D eigenvalue weighted by atomic mass is 16.4. The molecule has 1 amide bonds. The SMILES string of the molecule is CC(C)(C)N(C(=O)O)[C@@H]1CCCC[C@H]1N[C@H]1CCCN(c2ccc(-n3cccn3)cc2)C1. The van der Waals surface area contributed by atoms with Crippen LogP contribution in [0.3, 0.4) is 0 Å². The van der Waals surface area contributed by atoms with Crippen LogP contribution in [-0.2, 0) is 0 Å². The summed E-state index contributed by atoms with van der Waals surface area (Å²) in [6.45, 7) is 8.01. The molecule has 1 aliphatic heterocycles. The molecule has 0 spiro atoms. The van der Waals surface area contributed by atoms with Crippen molar-refractivity contribution < 1.29 is 9.90 Å². The van der Waals surface area contributed by atoms with Gasteiger partial charge in [0.15, 0.2) is 0 Å². The molecule has 1 aliphatic carbocycles. The van der Waals surface area contributed by atoms with Crippen LogP contribution in [0.15, 0.2) is 42.7 Å². The standard InChI is InChI=1S/C25H37N5O2/c1-25(2,3)30(24(31)32)23-10-5-4-9-22(23)27-19-8-6-16-28(18-19)20-11-13-21(14-12-20)29-17-7-15-26-29/h7,11-15,17,19,22-23,27H,4-6,8-10,16,18H2,1-3H3,(H,31,32)/t19-,22+,23+/m0/s1. The minimum atomic E-state index is -0.807. The van der Waals surface area contributed by atoms with Crippen LogP contribution < -0.4 is 10.2 Å². The lowest BCUT2D eigenvalue weighted by molar-refractivity contribution is 0.0398. The van der Waals surface area contributed by atoms with Gasteiger partial charge in [-0.25, -0.2) is 9.48 Å². The van der Waals surface area contributed by atoms with Crippen LogP contribution in [0.25, 0.3) is 5.69 Å². The molecule has 0 radical (unpaired) electrons. The van der Waals surface area contributed by atoms with Gasteiger partial charge in [0.05, 0.1) is 11.7 Å². The second kappa shape index (κ2) is 9.53. The second-order valence-corrected chi connectivity index (χ2v) is 10.2. The molecule has 1 saturated heterocycles. The average molecular weight is 440 g/mol. The van der Waals surface area contributed by atoms with Gasteiger partial charge in [-0.05, 0) is 76.8 Å². The molecule has 2 aromatic rings. The van der Waals surface area contributed by atoms with E-state index in [4.69, 9.17) is 0 Å². The van der Waals surface area contributed by atoms with Gasteiger partial charge >= 0.3 is 6.09 Å². The Morgan fingerprint density at radius 3 is 2.47 bits per heavy atom. The molecule has 7 nitrogen and oxygen atoms in total. The number of benzene rings is 1. The van der Waals surface area contributed by atoms with Crippen molar-refractivity contribution >= 4 is 11.8 Å². The zero-order valence-corrected chi connectivity index (χ0v) is 19.6. The molecule has 1 aromatic carbocycles. The number of piperidine rings is 1. The van der Waals surface area contributed by atoms with Gasteiger partial charge in [0.25, 0.3) is 0 Å². The molecule has 3 atom stereocenters. The number of hydrogen-bond donors (Lipinski definition) is 2. The monoisotopic (exact) mass is 439 g/mol. The van der Waals surface area contributed by atoms with E-state index >= 15 is 0 Å². The topological polar surface area (TPSA) is 73.6 Å². The van der Waals surface area contributed by atoms with Crippen molar-refractivity contribution in [3.63, 3.8) is 0 Å². The summed E-state index contributed by atoms with van der Waals surface area (Å²) in [6, 6.07) is 11.1. The molecule has 4 rings (SSSR count). The van der Waals surface area contributed by atoms with Crippen LogP contribution in [0.5, 0.6) is 0 Å². The quantitative estimate of drug-likeness (QED) is 0.717. The van der Waals surface area contributed by atoms with Crippen LogP contribution in [0.4, 0.5) is 10.5 Å². The predicted octanol–water partition coefficient (Wildman–Crippen LogP) is 4.52. The van der Waals surface area contributed by atoms with Gasteiger partial charge in [-0.1, -0.05) is 12.8 Å². The molecule has 7 heteroatoms. The maximum Gasteiger partial charge on any atom is 0.408 e. The largest absolute Gasteiger partial charge is 0.465 e. The van der Waals surface area contributed by atoms with E-state index in [9.17, 15) is 9.90 Å². The van der Waals surface area contributed by atoms with Gasteiger partial charge in [0.2, 0.25) is 0 Å². The number of anilines is 1. The first-order valence-corrected chi connectivity index (χ1v) is 12.0. The van der Waals surface area contributed by atoms with Crippen molar-refractivity contribution in [2.24, 2.45) is 0 Å². The normalized spacial score (nSPS) is 24.3. The molecular weight excluding hydrogens is 402 g/mol. The fraction of sp³-hybridized carbons (Fsp3) is 0.600. The third-order valence-electron chi connectivity index (χ3n) is 6.84. The summed E-state index contributed by atoms with van der Waals surface area (Å²) >= 11 is 0. The van der Waals surface area contributed by atoms with Gasteiger partial charge in [-0.3, -0.25) is 4.90 Å². The van der Waals surface area contributed by atoms with Crippen LogP contribution in [0, 0.1) is 0 Å². The molecule has 1 saturated carbocycles. The summed E-state index contributed by atoms with van der Waals surface area (Å²) in [6.07, 6.45) is 9.45. The Bertz CT molecular complexity index is 875. The minimum absolute atomic E-state index is 0.0324. The fourth-order valence-electron chi connectivity index (χ4n) is 5.43. The number of carbonyl (C=O) groups is 1. The molecule has 2 N–H and O–H groups in total. The zero-order chi connectivity index (χ0) is 22.7. The zero-order valence-electron chi connectivity index (χ0n) is 19.6. The van der Waals surface area contributed by atoms with Crippen molar-refractivity contribution in [1.29, 1.82) is 0 Å². The summed E-state index contributed by atoms with van der Waals surface area (Å²) < 4.78 is 1.87. The highest BCUT2D eigenvalue weighted by Gasteiger charge is 2.39. The highest BCUT2D eigenvalue weighted by molar-refractivity contribution is 5.66. The van der Waals surface area contributed by atoms with Crippen molar-refractivity contribution in [2.45, 2.75) is 83.0 Å². The molecule has 2 fully saturated rings. The van der Waals surface area contributed by atoms with Gasteiger partial charge in [0, 0.05) is 48.8 Å². The van der Waals surface area contributed by atoms with Gasteiger partial charge in [-0.15, -0.1) is 0 Å². The fourth-order valence-corrected chi connectivity index (χ4v) is 5.43. The van der Waals surface area contributed by atoms with E-state index in [0.29, 0.717) is 6.04 Å². The molecule has 2 aliphatic rings. The third-order valence-corrected chi connectivity index (χ3v) is 6.84. The van der Waals surface area contributed by atoms with Crippen LogP contribution >= 0.6 is 0 Å². The van der Waals surface area contributed by atoms with E-state index in [1.165, 1.54) is 5.69 Å². The molecule has 0 unspecified atom stereocenters. The van der Waals surface area contributed by atoms with E-state index < -0.39 is 11.6 Å². The second-order valence-electron chi connectivity index (χ2n) is 10.2. The van der Waals surface area contributed by atoms with E-state index in [1.807, 2.05) is 37.7 Å². The van der Waals surface area contributed by atoms with Gasteiger partial charge in [0.1, 0.15) is 0 Å². The predicted molar refractivity (Wildman–Crippen MR) is 128 cm³/mol. The van der Waals surface area contributed by atoms with Crippen molar-refractivity contribution in [1.82, 2.24) is 20.0 Å². The Morgan fingerprint density at radius 2 is 1.81 bits per heavy atom. The Labute approximate surface area is 191 Å². The first-order valence-electron chi connectivity index (χ1n) is 12.0. The number of hydrogen-bond acceptors (Lipinski definition) is 4. The highest BCUT2D eigenvalue weighted by Crippen LogP contribution is 2.30. The number of carboxylic acid groups (broad SMARTS) is 1. The molecule has 174 valence electrons. The van der Waals surface area contributed by atoms with Crippen molar-refractivity contribution in [2.75, 3.05) is 18.0 Å².